The van der Waals surface area contributed by atoms with Crippen molar-refractivity contribution >= 4 is 0 Å². The van der Waals surface area contributed by atoms with Crippen molar-refractivity contribution in [1.29, 1.82) is 0 Å². The van der Waals surface area contributed by atoms with E-state index in [2.05, 4.69) is 39.8 Å². The summed E-state index contributed by atoms with van der Waals surface area (Å²) in [6.07, 6.45) is 5.50. The lowest BCUT2D eigenvalue weighted by molar-refractivity contribution is 0.274. The molecule has 0 amide bonds. The van der Waals surface area contributed by atoms with E-state index in [1.165, 1.54) is 25.7 Å². The van der Waals surface area contributed by atoms with Crippen LogP contribution in [0.2, 0.25) is 0 Å². The van der Waals surface area contributed by atoms with Gasteiger partial charge in [0.1, 0.15) is 11.4 Å². The van der Waals surface area contributed by atoms with E-state index in [9.17, 15) is 0 Å². The first-order valence-corrected chi connectivity index (χ1v) is 7.98. The average molecular weight is 284 g/mol. The van der Waals surface area contributed by atoms with Crippen molar-refractivity contribution in [1.82, 2.24) is 20.7 Å². The molecule has 0 bridgehead atoms. The van der Waals surface area contributed by atoms with Crippen LogP contribution < -0.4 is 5.32 Å². The summed E-state index contributed by atoms with van der Waals surface area (Å²) in [6, 6.07) is 10.2. The number of nitrogens with zero attached hydrogens (tertiary/aromatic N) is 2. The second-order valence-electron chi connectivity index (χ2n) is 6.25. The molecule has 21 heavy (non-hydrogen) atoms. The van der Waals surface area contributed by atoms with Gasteiger partial charge in [-0.25, -0.2) is 0 Å². The predicted octanol–water partition coefficient (Wildman–Crippen LogP) is 3.39. The molecule has 1 aromatic heterocycles. The first-order valence-electron chi connectivity index (χ1n) is 7.98. The van der Waals surface area contributed by atoms with Crippen molar-refractivity contribution in [3.63, 3.8) is 0 Å². The highest BCUT2D eigenvalue weighted by Gasteiger charge is 2.18. The molecule has 0 radical (unpaired) electrons. The van der Waals surface area contributed by atoms with Gasteiger partial charge in [-0.3, -0.25) is 0 Å². The van der Waals surface area contributed by atoms with Crippen molar-refractivity contribution in [2.24, 2.45) is 11.8 Å². The SMILES string of the molecule is CC1CCCC(CNCc2n[nH]nc2-c2ccccc2)C1. The summed E-state index contributed by atoms with van der Waals surface area (Å²) in [5, 5.41) is 14.9. The van der Waals surface area contributed by atoms with Crippen molar-refractivity contribution in [2.45, 2.75) is 39.2 Å². The van der Waals surface area contributed by atoms with Crippen LogP contribution in [0.4, 0.5) is 0 Å². The number of hydrogen-bond donors (Lipinski definition) is 2. The maximum Gasteiger partial charge on any atom is 0.117 e. The predicted molar refractivity (Wildman–Crippen MR) is 84.6 cm³/mol. The highest BCUT2D eigenvalue weighted by Crippen LogP contribution is 2.28. The van der Waals surface area contributed by atoms with Crippen LogP contribution in [0.5, 0.6) is 0 Å². The van der Waals surface area contributed by atoms with Gasteiger partial charge in [-0.05, 0) is 31.2 Å². The van der Waals surface area contributed by atoms with Crippen molar-refractivity contribution in [3.8, 4) is 11.3 Å². The molecule has 4 heteroatoms. The number of H-pyrrole nitrogens is 1. The highest BCUT2D eigenvalue weighted by atomic mass is 15.3. The normalized spacial score (nSPS) is 22.3. The largest absolute Gasteiger partial charge is 0.311 e. The van der Waals surface area contributed by atoms with Crippen LogP contribution in [0.25, 0.3) is 11.3 Å². The zero-order chi connectivity index (χ0) is 14.5. The Labute approximate surface area is 126 Å². The average Bonchev–Trinajstić information content (AvgIpc) is 2.97. The summed E-state index contributed by atoms with van der Waals surface area (Å²) in [5.74, 6) is 1.71. The number of aromatic amines is 1. The van der Waals surface area contributed by atoms with Crippen LogP contribution in [0.15, 0.2) is 30.3 Å². The minimum absolute atomic E-state index is 0.783. The molecule has 1 heterocycles. The zero-order valence-electron chi connectivity index (χ0n) is 12.7. The van der Waals surface area contributed by atoms with E-state index in [1.54, 1.807) is 0 Å². The standard InChI is InChI=1S/C17H24N4/c1-13-6-5-7-14(10-13)11-18-12-16-17(20-21-19-16)15-8-3-2-4-9-15/h2-4,8-9,13-14,18H,5-7,10-12H2,1H3,(H,19,20,21). The van der Waals surface area contributed by atoms with Gasteiger partial charge < -0.3 is 5.32 Å². The zero-order valence-corrected chi connectivity index (χ0v) is 12.7. The third-order valence-corrected chi connectivity index (χ3v) is 4.44. The summed E-state index contributed by atoms with van der Waals surface area (Å²) >= 11 is 0. The van der Waals surface area contributed by atoms with Crippen molar-refractivity contribution < 1.29 is 0 Å². The van der Waals surface area contributed by atoms with Gasteiger partial charge in [0, 0.05) is 12.1 Å². The molecule has 2 unspecified atom stereocenters. The summed E-state index contributed by atoms with van der Waals surface area (Å²) < 4.78 is 0. The van der Waals surface area contributed by atoms with E-state index in [-0.39, 0.29) is 0 Å². The molecule has 2 N–H and O–H groups in total. The molecule has 112 valence electrons. The topological polar surface area (TPSA) is 53.6 Å². The van der Waals surface area contributed by atoms with Crippen molar-refractivity contribution in [3.05, 3.63) is 36.0 Å². The quantitative estimate of drug-likeness (QED) is 0.885. The first kappa shape index (κ1) is 14.3. The summed E-state index contributed by atoms with van der Waals surface area (Å²) in [7, 11) is 0. The molecule has 0 aliphatic heterocycles. The molecule has 1 aromatic carbocycles. The number of rotatable bonds is 5. The molecule has 4 nitrogen and oxygen atoms in total. The van der Waals surface area contributed by atoms with Gasteiger partial charge in [0.25, 0.3) is 0 Å². The number of aromatic nitrogens is 3. The third-order valence-electron chi connectivity index (χ3n) is 4.44. The van der Waals surface area contributed by atoms with Gasteiger partial charge in [-0.2, -0.15) is 15.4 Å². The van der Waals surface area contributed by atoms with E-state index in [1.807, 2.05) is 18.2 Å². The second-order valence-corrected chi connectivity index (χ2v) is 6.25. The lowest BCUT2D eigenvalue weighted by atomic mass is 9.82. The Bertz CT molecular complexity index is 549. The Kier molecular flexibility index (Phi) is 4.65. The van der Waals surface area contributed by atoms with E-state index in [0.717, 1.165) is 41.9 Å². The van der Waals surface area contributed by atoms with E-state index >= 15 is 0 Å². The van der Waals surface area contributed by atoms with Crippen LogP contribution in [0, 0.1) is 11.8 Å². The van der Waals surface area contributed by atoms with Crippen LogP contribution in [-0.4, -0.2) is 22.0 Å². The Balaban J connectivity index is 1.55. The number of nitrogens with one attached hydrogen (secondary N) is 2. The molecule has 0 spiro atoms. The van der Waals surface area contributed by atoms with Gasteiger partial charge in [-0.1, -0.05) is 50.1 Å². The van der Waals surface area contributed by atoms with Gasteiger partial charge in [-0.15, -0.1) is 0 Å². The lowest BCUT2D eigenvalue weighted by Gasteiger charge is -2.26. The minimum Gasteiger partial charge on any atom is -0.311 e. The fourth-order valence-corrected chi connectivity index (χ4v) is 3.34. The molecule has 1 aliphatic rings. The highest BCUT2D eigenvalue weighted by molar-refractivity contribution is 5.60. The number of hydrogen-bond acceptors (Lipinski definition) is 3. The molecule has 2 aromatic rings. The van der Waals surface area contributed by atoms with Crippen LogP contribution in [0.3, 0.4) is 0 Å². The Morgan fingerprint density at radius 1 is 1.19 bits per heavy atom. The van der Waals surface area contributed by atoms with Gasteiger partial charge in [0.15, 0.2) is 0 Å². The maximum absolute atomic E-state index is 4.29. The van der Waals surface area contributed by atoms with E-state index in [0.29, 0.717) is 0 Å². The van der Waals surface area contributed by atoms with Gasteiger partial charge >= 0.3 is 0 Å². The molecule has 3 rings (SSSR count). The summed E-state index contributed by atoms with van der Waals surface area (Å²) in [4.78, 5) is 0. The molecule has 1 fully saturated rings. The van der Waals surface area contributed by atoms with Crippen LogP contribution >= 0.6 is 0 Å². The third kappa shape index (κ3) is 3.70. The first-order chi connectivity index (χ1) is 10.3. The Morgan fingerprint density at radius 3 is 2.86 bits per heavy atom. The van der Waals surface area contributed by atoms with E-state index < -0.39 is 0 Å². The fourth-order valence-electron chi connectivity index (χ4n) is 3.34. The maximum atomic E-state index is 4.29. The van der Waals surface area contributed by atoms with Crippen LogP contribution in [-0.2, 0) is 6.54 Å². The molecule has 2 atom stereocenters. The summed E-state index contributed by atoms with van der Waals surface area (Å²) in [6.45, 7) is 4.24. The molecule has 1 aliphatic carbocycles. The fraction of sp³-hybridized carbons (Fsp3) is 0.529. The Morgan fingerprint density at radius 2 is 2.05 bits per heavy atom. The minimum atomic E-state index is 0.783. The molecule has 0 saturated heterocycles. The monoisotopic (exact) mass is 284 g/mol. The smallest absolute Gasteiger partial charge is 0.117 e. The van der Waals surface area contributed by atoms with Crippen molar-refractivity contribution in [2.75, 3.05) is 6.54 Å². The second kappa shape index (κ2) is 6.85. The van der Waals surface area contributed by atoms with E-state index in [4.69, 9.17) is 0 Å². The Hall–Kier alpha value is -1.68. The molecular formula is C17H24N4. The molecular weight excluding hydrogens is 260 g/mol. The molecule has 1 saturated carbocycles. The lowest BCUT2D eigenvalue weighted by Crippen LogP contribution is -2.26. The van der Waals surface area contributed by atoms with Crippen LogP contribution in [0.1, 0.15) is 38.3 Å². The number of benzene rings is 1. The van der Waals surface area contributed by atoms with Gasteiger partial charge in [0.2, 0.25) is 0 Å². The summed E-state index contributed by atoms with van der Waals surface area (Å²) in [5.41, 5.74) is 3.08. The van der Waals surface area contributed by atoms with Gasteiger partial charge in [0.05, 0.1) is 0 Å².